The summed E-state index contributed by atoms with van der Waals surface area (Å²) in [6, 6.07) is 11.3. The molecule has 0 aliphatic carbocycles. The largest absolute Gasteiger partial charge is 0.497 e. The van der Waals surface area contributed by atoms with Gasteiger partial charge in [0, 0.05) is 63.9 Å². The summed E-state index contributed by atoms with van der Waals surface area (Å²) in [6.07, 6.45) is 1.97. The van der Waals surface area contributed by atoms with Crippen LogP contribution in [0, 0.1) is 6.92 Å². The number of carbonyl (C=O) groups excluding carboxylic acids is 2. The van der Waals surface area contributed by atoms with Gasteiger partial charge in [0.05, 0.1) is 17.6 Å². The number of imidazole rings is 1. The lowest BCUT2D eigenvalue weighted by Gasteiger charge is -2.13. The SMILES string of the molecule is COc1cc(NC(=O)c2cc3cnc4[nH]ccc4c3s2)cc(C(=O)Nc2cc(-[n+]3c[nH]c(C)c3)cc(C(F)(F)F)c2)c1. The third-order valence-electron chi connectivity index (χ3n) is 6.51. The number of aryl methyl sites for hydroxylation is 1. The molecule has 4 N–H and O–H groups in total. The van der Waals surface area contributed by atoms with Crippen molar-refractivity contribution < 1.29 is 32.1 Å². The summed E-state index contributed by atoms with van der Waals surface area (Å²) in [5.41, 5.74) is 1.04. The Bertz CT molecular complexity index is 1990. The molecule has 2 amide bonds. The van der Waals surface area contributed by atoms with Crippen molar-refractivity contribution in [2.24, 2.45) is 0 Å². The van der Waals surface area contributed by atoms with Crippen LogP contribution >= 0.6 is 11.3 Å². The highest BCUT2D eigenvalue weighted by molar-refractivity contribution is 7.21. The molecule has 0 aliphatic rings. The average molecular weight is 592 g/mol. The van der Waals surface area contributed by atoms with Gasteiger partial charge in [0.1, 0.15) is 29.0 Å². The van der Waals surface area contributed by atoms with Crippen molar-refractivity contribution in [3.05, 3.63) is 95.1 Å². The minimum atomic E-state index is -4.63. The van der Waals surface area contributed by atoms with E-state index in [9.17, 15) is 22.8 Å². The van der Waals surface area contributed by atoms with E-state index in [-0.39, 0.29) is 28.4 Å². The first-order valence-corrected chi connectivity index (χ1v) is 13.4. The molecular weight excluding hydrogens is 569 g/mol. The highest BCUT2D eigenvalue weighted by atomic mass is 32.1. The molecule has 13 heteroatoms. The Balaban J connectivity index is 1.28. The highest BCUT2D eigenvalue weighted by Crippen LogP contribution is 2.34. The van der Waals surface area contributed by atoms with Gasteiger partial charge in [-0.3, -0.25) is 9.59 Å². The molecule has 6 rings (SSSR count). The van der Waals surface area contributed by atoms with Crippen molar-refractivity contribution >= 4 is 55.6 Å². The summed E-state index contributed by atoms with van der Waals surface area (Å²) in [7, 11) is 1.40. The van der Waals surface area contributed by atoms with E-state index in [2.05, 4.69) is 25.6 Å². The molecule has 0 aliphatic heterocycles. The number of alkyl halides is 3. The number of nitrogens with zero attached hydrogens (tertiary/aromatic N) is 2. The Labute approximate surface area is 240 Å². The molecule has 0 saturated carbocycles. The number of nitrogens with one attached hydrogen (secondary N) is 4. The Kier molecular flexibility index (Phi) is 6.65. The first-order valence-electron chi connectivity index (χ1n) is 12.5. The lowest BCUT2D eigenvalue weighted by Crippen LogP contribution is -2.28. The number of anilines is 2. The Hall–Kier alpha value is -5.17. The number of benzene rings is 2. The number of hydrogen-bond donors (Lipinski definition) is 4. The second-order valence-electron chi connectivity index (χ2n) is 9.51. The van der Waals surface area contributed by atoms with E-state index in [1.54, 1.807) is 37.6 Å². The second kappa shape index (κ2) is 10.3. The smallest absolute Gasteiger partial charge is 0.416 e. The fraction of sp³-hybridized carbons (Fsp3) is 0.103. The van der Waals surface area contributed by atoms with Crippen LogP contribution in [0.1, 0.15) is 31.3 Å². The van der Waals surface area contributed by atoms with E-state index in [0.717, 1.165) is 38.9 Å². The zero-order valence-corrected chi connectivity index (χ0v) is 22.9. The lowest BCUT2D eigenvalue weighted by molar-refractivity contribution is -0.594. The first kappa shape index (κ1) is 27.0. The number of thiophene rings is 1. The van der Waals surface area contributed by atoms with Crippen LogP contribution < -0.4 is 19.9 Å². The molecule has 0 bridgehead atoms. The van der Waals surface area contributed by atoms with Gasteiger partial charge in [0.15, 0.2) is 0 Å². The zero-order valence-electron chi connectivity index (χ0n) is 22.1. The molecule has 0 saturated heterocycles. The predicted octanol–water partition coefficient (Wildman–Crippen LogP) is 6.22. The molecule has 4 heterocycles. The number of fused-ring (bicyclic) bond motifs is 3. The van der Waals surface area contributed by atoms with Crippen LogP contribution in [0.5, 0.6) is 5.75 Å². The number of H-pyrrole nitrogens is 2. The van der Waals surface area contributed by atoms with Crippen LogP contribution in [0.2, 0.25) is 0 Å². The van der Waals surface area contributed by atoms with Gasteiger partial charge in [0.2, 0.25) is 6.33 Å². The van der Waals surface area contributed by atoms with Crippen molar-refractivity contribution in [2.75, 3.05) is 17.7 Å². The molecular formula is C29H22F3N6O3S+. The third-order valence-corrected chi connectivity index (χ3v) is 7.70. The summed E-state index contributed by atoms with van der Waals surface area (Å²) in [4.78, 5) is 37.1. The molecule has 0 atom stereocenters. The van der Waals surface area contributed by atoms with Crippen LogP contribution in [-0.4, -0.2) is 33.9 Å². The Morgan fingerprint density at radius 2 is 1.79 bits per heavy atom. The lowest BCUT2D eigenvalue weighted by atomic mass is 10.1. The normalized spacial score (nSPS) is 11.6. The maximum atomic E-state index is 13.7. The second-order valence-corrected chi connectivity index (χ2v) is 10.6. The molecule has 0 radical (unpaired) electrons. The van der Waals surface area contributed by atoms with Gasteiger partial charge >= 0.3 is 6.18 Å². The topological polar surface area (TPSA) is 116 Å². The molecule has 2 aromatic carbocycles. The van der Waals surface area contributed by atoms with E-state index in [1.165, 1.54) is 47.5 Å². The maximum Gasteiger partial charge on any atom is 0.416 e. The van der Waals surface area contributed by atoms with Gasteiger partial charge < -0.3 is 20.4 Å². The van der Waals surface area contributed by atoms with Gasteiger partial charge in [-0.2, -0.15) is 13.2 Å². The van der Waals surface area contributed by atoms with Crippen LogP contribution in [0.25, 0.3) is 26.8 Å². The fourth-order valence-corrected chi connectivity index (χ4v) is 5.58. The Morgan fingerprint density at radius 3 is 2.52 bits per heavy atom. The summed E-state index contributed by atoms with van der Waals surface area (Å²) in [5.74, 6) is -0.816. The Morgan fingerprint density at radius 1 is 1.00 bits per heavy atom. The van der Waals surface area contributed by atoms with Gasteiger partial charge in [-0.25, -0.2) is 14.5 Å². The van der Waals surface area contributed by atoms with Crippen molar-refractivity contribution in [2.45, 2.75) is 13.1 Å². The van der Waals surface area contributed by atoms with Crippen molar-refractivity contribution in [1.82, 2.24) is 15.0 Å². The molecule has 212 valence electrons. The molecule has 6 aromatic rings. The summed E-state index contributed by atoms with van der Waals surface area (Å²) >= 11 is 1.31. The number of pyridine rings is 1. The van der Waals surface area contributed by atoms with E-state index >= 15 is 0 Å². The monoisotopic (exact) mass is 591 g/mol. The number of rotatable bonds is 6. The first-order chi connectivity index (χ1) is 20.1. The molecule has 0 fully saturated rings. The number of hydrogen-bond acceptors (Lipinski definition) is 5. The number of aromatic amines is 2. The average Bonchev–Trinajstić information content (AvgIpc) is 3.71. The maximum absolute atomic E-state index is 13.7. The molecule has 0 spiro atoms. The number of methoxy groups -OCH3 is 1. The van der Waals surface area contributed by atoms with E-state index in [1.807, 2.05) is 6.07 Å². The number of halogens is 3. The molecule has 42 heavy (non-hydrogen) atoms. The highest BCUT2D eigenvalue weighted by Gasteiger charge is 2.32. The molecule has 4 aromatic heterocycles. The van der Waals surface area contributed by atoms with Gasteiger partial charge in [-0.05, 0) is 36.4 Å². The quantitative estimate of drug-likeness (QED) is 0.172. The summed E-state index contributed by atoms with van der Waals surface area (Å²) < 4.78 is 48.8. The van der Waals surface area contributed by atoms with Crippen LogP contribution in [0.4, 0.5) is 24.5 Å². The van der Waals surface area contributed by atoms with E-state index in [4.69, 9.17) is 4.74 Å². The number of aromatic nitrogens is 4. The zero-order chi connectivity index (χ0) is 29.6. The van der Waals surface area contributed by atoms with Crippen LogP contribution in [0.3, 0.4) is 0 Å². The van der Waals surface area contributed by atoms with Gasteiger partial charge in [0.25, 0.3) is 11.8 Å². The van der Waals surface area contributed by atoms with Gasteiger partial charge in [-0.1, -0.05) is 0 Å². The third kappa shape index (κ3) is 5.29. The van der Waals surface area contributed by atoms with Crippen molar-refractivity contribution in [3.63, 3.8) is 0 Å². The minimum absolute atomic E-state index is 0.0560. The summed E-state index contributed by atoms with van der Waals surface area (Å²) in [6.45, 7) is 1.77. The fourth-order valence-electron chi connectivity index (χ4n) is 4.52. The number of amides is 2. The predicted molar refractivity (Wildman–Crippen MR) is 152 cm³/mol. The summed E-state index contributed by atoms with van der Waals surface area (Å²) in [5, 5.41) is 7.05. The number of ether oxygens (including phenoxy) is 1. The standard InChI is InChI=1S/C29H21F3N6O3S/c1-15-13-38(14-35-15)21-9-18(29(30,31)32)8-20(10-21)36-27(39)16-5-19(11-22(6-16)41-2)37-28(40)24-7-17-12-34-26-23(3-4-33-26)25(17)42-24/h3-14H,1-2H3,(H3,33,34,36,37,39,40)/p+1. The van der Waals surface area contributed by atoms with E-state index < -0.39 is 23.6 Å². The van der Waals surface area contributed by atoms with Crippen LogP contribution in [0.15, 0.2) is 73.4 Å². The van der Waals surface area contributed by atoms with Crippen molar-refractivity contribution in [1.29, 1.82) is 0 Å². The van der Waals surface area contributed by atoms with Gasteiger partial charge in [-0.15, -0.1) is 11.3 Å². The molecule has 9 nitrogen and oxygen atoms in total. The van der Waals surface area contributed by atoms with E-state index in [0.29, 0.717) is 4.88 Å². The van der Waals surface area contributed by atoms with Crippen molar-refractivity contribution in [3.8, 4) is 11.4 Å². The minimum Gasteiger partial charge on any atom is -0.497 e. The van der Waals surface area contributed by atoms with Crippen LogP contribution in [-0.2, 0) is 6.18 Å². The molecule has 0 unspecified atom stereocenters. The number of carbonyl (C=O) groups is 2.